The van der Waals surface area contributed by atoms with Gasteiger partial charge in [-0.1, -0.05) is 6.07 Å². The van der Waals surface area contributed by atoms with Gasteiger partial charge < -0.3 is 15.2 Å². The van der Waals surface area contributed by atoms with Gasteiger partial charge >= 0.3 is 10.2 Å². The molecular weight excluding hydrogens is 430 g/mol. The maximum atomic E-state index is 13.2. The molecule has 9 nitrogen and oxygen atoms in total. The van der Waals surface area contributed by atoms with Crippen molar-refractivity contribution in [3.8, 4) is 0 Å². The summed E-state index contributed by atoms with van der Waals surface area (Å²) in [7, 11) is -2.57. The van der Waals surface area contributed by atoms with Crippen LogP contribution in [0, 0.1) is 0 Å². The minimum Gasteiger partial charge on any atom is -0.845 e. The summed E-state index contributed by atoms with van der Waals surface area (Å²) in [6.45, 7) is 0.703. The molecule has 0 unspecified atom stereocenters. The van der Waals surface area contributed by atoms with Crippen LogP contribution in [0.5, 0.6) is 0 Å². The van der Waals surface area contributed by atoms with Crippen molar-refractivity contribution in [3.05, 3.63) is 40.7 Å². The van der Waals surface area contributed by atoms with E-state index in [-0.39, 0.29) is 12.6 Å². The molecule has 1 aliphatic heterocycles. The van der Waals surface area contributed by atoms with Gasteiger partial charge in [0, 0.05) is 25.5 Å². The number of hydrogen-bond acceptors (Lipinski definition) is 5. The molecule has 32 heavy (non-hydrogen) atoms. The van der Waals surface area contributed by atoms with Crippen LogP contribution in [0.2, 0.25) is 0 Å². The molecule has 1 aromatic heterocycles. The normalized spacial score (nSPS) is 20.4. The van der Waals surface area contributed by atoms with Crippen LogP contribution in [0.4, 0.5) is 11.4 Å². The van der Waals surface area contributed by atoms with Crippen molar-refractivity contribution in [2.24, 2.45) is 11.4 Å². The predicted octanol–water partition coefficient (Wildman–Crippen LogP) is 1.46. The first-order chi connectivity index (χ1) is 15.4. The minimum atomic E-state index is -4.28. The molecule has 1 aromatic carbocycles. The maximum Gasteiger partial charge on any atom is 0.345 e. The summed E-state index contributed by atoms with van der Waals surface area (Å²) in [6, 6.07) is 1.40. The Bertz CT molecular complexity index is 1120. The van der Waals surface area contributed by atoms with Gasteiger partial charge in [-0.15, -0.1) is 4.40 Å². The van der Waals surface area contributed by atoms with Gasteiger partial charge in [0.1, 0.15) is 0 Å². The summed E-state index contributed by atoms with van der Waals surface area (Å²) in [5, 5.41) is 19.8. The molecule has 172 valence electrons. The van der Waals surface area contributed by atoms with E-state index in [4.69, 9.17) is 4.74 Å². The van der Waals surface area contributed by atoms with Crippen LogP contribution >= 0.6 is 0 Å². The summed E-state index contributed by atoms with van der Waals surface area (Å²) in [5.74, 6) is 0. The van der Waals surface area contributed by atoms with Gasteiger partial charge in [0.2, 0.25) is 0 Å². The fourth-order valence-corrected chi connectivity index (χ4v) is 6.16. The number of amidine groups is 1. The lowest BCUT2D eigenvalue weighted by molar-refractivity contribution is -0.213. The Labute approximate surface area is 188 Å². The average molecular weight is 459 g/mol. The van der Waals surface area contributed by atoms with Crippen molar-refractivity contribution in [1.29, 1.82) is 0 Å². The summed E-state index contributed by atoms with van der Waals surface area (Å²) in [5.41, 5.74) is 5.94. The number of benzene rings is 1. The van der Waals surface area contributed by atoms with Crippen LogP contribution in [0.3, 0.4) is 0 Å². The maximum absolute atomic E-state index is 13.2. The standard InChI is InChI=1S/C22H29N5O4S/c1-26-13-17(12-23-26)27(14-18-7-4-10-31-18)32(29,30)25-22(28)24-21-19-8-2-5-15(19)11-16-6-3-9-20(16)21/h11-13,18H,2-10,14H2,1H3,(H2,24,25,28)/p-1/t18-/m1/s1. The van der Waals surface area contributed by atoms with Crippen molar-refractivity contribution in [2.45, 2.75) is 57.5 Å². The van der Waals surface area contributed by atoms with Crippen LogP contribution in [0.15, 0.2) is 22.9 Å². The zero-order valence-corrected chi connectivity index (χ0v) is 19.0. The Balaban J connectivity index is 1.45. The second-order valence-electron chi connectivity index (χ2n) is 8.77. The molecule has 0 amide bonds. The lowest BCUT2D eigenvalue weighted by Gasteiger charge is -2.25. The fourth-order valence-electron chi connectivity index (χ4n) is 5.09. The molecule has 1 saturated heterocycles. The second-order valence-corrected chi connectivity index (χ2v) is 10.3. The summed E-state index contributed by atoms with van der Waals surface area (Å²) in [4.78, 5) is 0. The van der Waals surface area contributed by atoms with Gasteiger partial charge in [-0.3, -0.25) is 4.68 Å². The highest BCUT2D eigenvalue weighted by Gasteiger charge is 2.29. The fraction of sp³-hybridized carbons (Fsp3) is 0.545. The highest BCUT2D eigenvalue weighted by atomic mass is 32.2. The van der Waals surface area contributed by atoms with Gasteiger partial charge in [-0.2, -0.15) is 13.5 Å². The zero-order valence-electron chi connectivity index (χ0n) is 18.2. The molecule has 1 N–H and O–H groups in total. The average Bonchev–Trinajstić information content (AvgIpc) is 3.52. The van der Waals surface area contributed by atoms with E-state index in [9.17, 15) is 13.5 Å². The number of aryl methyl sites for hydroxylation is 3. The first kappa shape index (κ1) is 21.3. The van der Waals surface area contributed by atoms with E-state index in [1.54, 1.807) is 13.2 Å². The molecule has 2 aromatic rings. The zero-order chi connectivity index (χ0) is 22.3. The number of fused-ring (bicyclic) bond motifs is 2. The number of nitrogens with zero attached hydrogens (tertiary/aromatic N) is 4. The molecule has 1 fully saturated rings. The predicted molar refractivity (Wildman–Crippen MR) is 120 cm³/mol. The number of ether oxygens (including phenoxy) is 1. The van der Waals surface area contributed by atoms with E-state index in [0.29, 0.717) is 12.3 Å². The van der Waals surface area contributed by atoms with E-state index < -0.39 is 16.2 Å². The van der Waals surface area contributed by atoms with Crippen molar-refractivity contribution < 1.29 is 18.3 Å². The summed E-state index contributed by atoms with van der Waals surface area (Å²) < 4.78 is 38.3. The van der Waals surface area contributed by atoms with E-state index >= 15 is 0 Å². The van der Waals surface area contributed by atoms with Crippen LogP contribution in [-0.2, 0) is 47.7 Å². The Kier molecular flexibility index (Phi) is 5.58. The number of nitrogens with one attached hydrogen (secondary N) is 1. The highest BCUT2D eigenvalue weighted by Crippen LogP contribution is 2.38. The van der Waals surface area contributed by atoms with Gasteiger partial charge in [0.15, 0.2) is 0 Å². The van der Waals surface area contributed by atoms with Crippen LogP contribution < -0.4 is 14.7 Å². The first-order valence-electron chi connectivity index (χ1n) is 11.2. The third-order valence-corrected chi connectivity index (χ3v) is 7.87. The molecule has 0 radical (unpaired) electrons. The molecule has 10 heteroatoms. The van der Waals surface area contributed by atoms with E-state index in [1.807, 2.05) is 0 Å². The highest BCUT2D eigenvalue weighted by molar-refractivity contribution is 7.91. The molecule has 2 heterocycles. The molecule has 3 aliphatic rings. The van der Waals surface area contributed by atoms with Crippen molar-refractivity contribution in [3.63, 3.8) is 0 Å². The van der Waals surface area contributed by atoms with E-state index in [2.05, 4.69) is 20.9 Å². The topological polar surface area (TPSA) is 112 Å². The minimum absolute atomic E-state index is 0.0982. The summed E-state index contributed by atoms with van der Waals surface area (Å²) in [6.07, 6.45) is 10.3. The Morgan fingerprint density at radius 2 is 1.97 bits per heavy atom. The lowest BCUT2D eigenvalue weighted by Crippen LogP contribution is -2.39. The largest absolute Gasteiger partial charge is 0.845 e. The van der Waals surface area contributed by atoms with Gasteiger partial charge in [-0.25, -0.2) is 4.31 Å². The monoisotopic (exact) mass is 458 g/mol. The Hall–Kier alpha value is -2.59. The Morgan fingerprint density at radius 3 is 2.56 bits per heavy atom. The molecule has 1 atom stereocenters. The quantitative estimate of drug-likeness (QED) is 0.518. The van der Waals surface area contributed by atoms with Gasteiger partial charge in [-0.05, 0) is 73.6 Å². The third-order valence-electron chi connectivity index (χ3n) is 6.55. The molecule has 0 bridgehead atoms. The number of hydrogen-bond donors (Lipinski definition) is 1. The number of aromatic nitrogens is 2. The van der Waals surface area contributed by atoms with Crippen LogP contribution in [-0.4, -0.2) is 43.5 Å². The smallest absolute Gasteiger partial charge is 0.345 e. The van der Waals surface area contributed by atoms with Crippen molar-refractivity contribution >= 4 is 27.6 Å². The number of anilines is 2. The van der Waals surface area contributed by atoms with Crippen molar-refractivity contribution in [1.82, 2.24) is 9.78 Å². The van der Waals surface area contributed by atoms with E-state index in [1.165, 1.54) is 22.0 Å². The van der Waals surface area contributed by atoms with E-state index in [0.717, 1.165) is 72.5 Å². The van der Waals surface area contributed by atoms with Crippen LogP contribution in [0.1, 0.15) is 47.9 Å². The molecule has 5 rings (SSSR count). The van der Waals surface area contributed by atoms with Gasteiger partial charge in [0.25, 0.3) is 0 Å². The summed E-state index contributed by atoms with van der Waals surface area (Å²) >= 11 is 0. The lowest BCUT2D eigenvalue weighted by atomic mass is 9.99. The number of rotatable bonds is 6. The SMILES string of the molecule is Cn1cc(N(C[C@H]2CCCO2)S(=O)(=O)/N=C(\[O-])Nc2c3c(cc4c2CCC4)CCC3)cn1. The Morgan fingerprint density at radius 1 is 1.25 bits per heavy atom. The van der Waals surface area contributed by atoms with Crippen molar-refractivity contribution in [2.75, 3.05) is 22.8 Å². The molecule has 2 aliphatic carbocycles. The first-order valence-corrected chi connectivity index (χ1v) is 12.6. The molecule has 0 spiro atoms. The third kappa shape index (κ3) is 4.09. The molecule has 0 saturated carbocycles. The van der Waals surface area contributed by atoms with Crippen LogP contribution in [0.25, 0.3) is 0 Å². The molecular formula is C22H28N5O4S-. The second kappa shape index (κ2) is 8.40. The van der Waals surface area contributed by atoms with Gasteiger partial charge in [0.05, 0.1) is 30.6 Å².